The average molecular weight is 266 g/mol. The van der Waals surface area contributed by atoms with Crippen molar-refractivity contribution in [3.8, 4) is 0 Å². The van der Waals surface area contributed by atoms with Gasteiger partial charge in [0.2, 0.25) is 0 Å². The van der Waals surface area contributed by atoms with E-state index in [0.29, 0.717) is 11.1 Å². The summed E-state index contributed by atoms with van der Waals surface area (Å²) in [5.41, 5.74) is 3.25. The first-order chi connectivity index (χ1) is 8.60. The van der Waals surface area contributed by atoms with Crippen molar-refractivity contribution in [2.24, 2.45) is 0 Å². The lowest BCUT2D eigenvalue weighted by molar-refractivity contribution is 0.283. The summed E-state index contributed by atoms with van der Waals surface area (Å²) >= 11 is 6.37. The number of aliphatic hydroxyl groups excluding tert-OH is 1. The number of hydrogen-bond donors (Lipinski definition) is 1. The molecule has 2 aromatic rings. The summed E-state index contributed by atoms with van der Waals surface area (Å²) in [4.78, 5) is 0. The van der Waals surface area contributed by atoms with Crippen molar-refractivity contribution in [2.75, 3.05) is 0 Å². The van der Waals surface area contributed by atoms with Crippen molar-refractivity contribution < 1.29 is 5.11 Å². The molecule has 18 heavy (non-hydrogen) atoms. The van der Waals surface area contributed by atoms with Crippen LogP contribution in [0, 0.1) is 0 Å². The van der Waals surface area contributed by atoms with Crippen LogP contribution in [-0.2, 0) is 13.2 Å². The average Bonchev–Trinajstić information content (AvgIpc) is 2.62. The maximum absolute atomic E-state index is 9.53. The van der Waals surface area contributed by atoms with Gasteiger partial charge in [-0.2, -0.15) is 0 Å². The Kier molecular flexibility index (Phi) is 3.98. The molecule has 98 valence electrons. The SMILES string of the molecule is CCCn1c(Cl)c(CO)c2cc(C(C)C)ccc21. The highest BCUT2D eigenvalue weighted by molar-refractivity contribution is 6.32. The van der Waals surface area contributed by atoms with Gasteiger partial charge in [-0.05, 0) is 30.0 Å². The Bertz CT molecular complexity index is 557. The maximum Gasteiger partial charge on any atom is 0.115 e. The minimum atomic E-state index is -0.00635. The van der Waals surface area contributed by atoms with Gasteiger partial charge in [0, 0.05) is 23.0 Å². The molecule has 0 aliphatic rings. The highest BCUT2D eigenvalue weighted by Crippen LogP contribution is 2.32. The van der Waals surface area contributed by atoms with Crippen LogP contribution in [0.1, 0.15) is 44.2 Å². The summed E-state index contributed by atoms with van der Waals surface area (Å²) < 4.78 is 2.09. The lowest BCUT2D eigenvalue weighted by Gasteiger charge is -2.07. The standard InChI is InChI=1S/C15H20ClNO/c1-4-7-17-14-6-5-11(10(2)3)8-12(14)13(9-18)15(17)16/h5-6,8,10,18H,4,7,9H2,1-3H3. The minimum Gasteiger partial charge on any atom is -0.392 e. The van der Waals surface area contributed by atoms with Crippen LogP contribution in [0.25, 0.3) is 10.9 Å². The van der Waals surface area contributed by atoms with E-state index in [-0.39, 0.29) is 6.61 Å². The fraction of sp³-hybridized carbons (Fsp3) is 0.467. The van der Waals surface area contributed by atoms with Crippen molar-refractivity contribution in [3.05, 3.63) is 34.5 Å². The van der Waals surface area contributed by atoms with Crippen molar-refractivity contribution in [1.82, 2.24) is 4.57 Å². The molecule has 1 N–H and O–H groups in total. The minimum absolute atomic E-state index is 0.00635. The zero-order valence-electron chi connectivity index (χ0n) is 11.2. The number of fused-ring (bicyclic) bond motifs is 1. The van der Waals surface area contributed by atoms with Gasteiger partial charge in [-0.15, -0.1) is 0 Å². The van der Waals surface area contributed by atoms with Gasteiger partial charge in [0.1, 0.15) is 5.15 Å². The summed E-state index contributed by atoms with van der Waals surface area (Å²) in [7, 11) is 0. The predicted octanol–water partition coefficient (Wildman–Crippen LogP) is 4.32. The van der Waals surface area contributed by atoms with Crippen LogP contribution in [-0.4, -0.2) is 9.67 Å². The summed E-state index contributed by atoms with van der Waals surface area (Å²) in [5, 5.41) is 11.3. The first-order valence-electron chi connectivity index (χ1n) is 6.51. The molecule has 2 nitrogen and oxygen atoms in total. The molecule has 0 aliphatic heterocycles. The van der Waals surface area contributed by atoms with E-state index in [4.69, 9.17) is 11.6 Å². The number of aromatic nitrogens is 1. The van der Waals surface area contributed by atoms with Gasteiger partial charge in [0.25, 0.3) is 0 Å². The third-order valence-corrected chi connectivity index (χ3v) is 3.83. The summed E-state index contributed by atoms with van der Waals surface area (Å²) in [5.74, 6) is 0.481. The third-order valence-electron chi connectivity index (χ3n) is 3.39. The summed E-state index contributed by atoms with van der Waals surface area (Å²) in [6.45, 7) is 7.35. The first kappa shape index (κ1) is 13.4. The molecule has 1 aromatic heterocycles. The highest BCUT2D eigenvalue weighted by atomic mass is 35.5. The Morgan fingerprint density at radius 1 is 1.33 bits per heavy atom. The zero-order valence-corrected chi connectivity index (χ0v) is 12.0. The first-order valence-corrected chi connectivity index (χ1v) is 6.89. The summed E-state index contributed by atoms with van der Waals surface area (Å²) in [6.07, 6.45) is 1.03. The maximum atomic E-state index is 9.53. The van der Waals surface area contributed by atoms with Crippen molar-refractivity contribution in [3.63, 3.8) is 0 Å². The van der Waals surface area contributed by atoms with Gasteiger partial charge in [0.15, 0.2) is 0 Å². The Morgan fingerprint density at radius 2 is 2.06 bits per heavy atom. The Balaban J connectivity index is 2.70. The van der Waals surface area contributed by atoms with E-state index in [9.17, 15) is 5.11 Å². The molecule has 0 spiro atoms. The van der Waals surface area contributed by atoms with Gasteiger partial charge in [0.05, 0.1) is 6.61 Å². The van der Waals surface area contributed by atoms with Crippen LogP contribution in [0.15, 0.2) is 18.2 Å². The molecule has 0 amide bonds. The second-order valence-corrected chi connectivity index (χ2v) is 5.37. The van der Waals surface area contributed by atoms with E-state index in [1.807, 2.05) is 0 Å². The highest BCUT2D eigenvalue weighted by Gasteiger charge is 2.15. The van der Waals surface area contributed by atoms with E-state index in [1.165, 1.54) is 5.56 Å². The molecule has 0 radical (unpaired) electrons. The molecule has 1 aromatic carbocycles. The monoisotopic (exact) mass is 265 g/mol. The van der Waals surface area contributed by atoms with Gasteiger partial charge in [-0.3, -0.25) is 0 Å². The lowest BCUT2D eigenvalue weighted by Crippen LogP contribution is -1.96. The topological polar surface area (TPSA) is 25.2 Å². The van der Waals surface area contributed by atoms with Gasteiger partial charge < -0.3 is 9.67 Å². The fourth-order valence-electron chi connectivity index (χ4n) is 2.36. The van der Waals surface area contributed by atoms with Crippen LogP contribution in [0.5, 0.6) is 0 Å². The normalized spacial score (nSPS) is 11.7. The van der Waals surface area contributed by atoms with E-state index in [2.05, 4.69) is 43.5 Å². The third kappa shape index (κ3) is 2.15. The van der Waals surface area contributed by atoms with Crippen LogP contribution >= 0.6 is 11.6 Å². The second kappa shape index (κ2) is 5.33. The molecule has 0 fully saturated rings. The summed E-state index contributed by atoms with van der Waals surface area (Å²) in [6, 6.07) is 6.42. The number of halogens is 1. The Hall–Kier alpha value is -0.990. The fourth-order valence-corrected chi connectivity index (χ4v) is 2.70. The zero-order chi connectivity index (χ0) is 13.3. The number of rotatable bonds is 4. The molecule has 1 heterocycles. The van der Waals surface area contributed by atoms with E-state index >= 15 is 0 Å². The number of aliphatic hydroxyl groups is 1. The predicted molar refractivity (Wildman–Crippen MR) is 77.3 cm³/mol. The molecule has 0 saturated heterocycles. The lowest BCUT2D eigenvalue weighted by atomic mass is 10.0. The molecule has 0 atom stereocenters. The largest absolute Gasteiger partial charge is 0.392 e. The Labute approximate surface area is 113 Å². The molecule has 0 saturated carbocycles. The molecule has 2 rings (SSSR count). The molecule has 0 bridgehead atoms. The molecular formula is C15H20ClNO. The smallest absolute Gasteiger partial charge is 0.115 e. The molecule has 0 aliphatic carbocycles. The number of benzene rings is 1. The van der Waals surface area contributed by atoms with Gasteiger partial charge in [-0.1, -0.05) is 38.4 Å². The van der Waals surface area contributed by atoms with Crippen molar-refractivity contribution in [2.45, 2.75) is 46.3 Å². The molecule has 3 heteroatoms. The number of nitrogens with zero attached hydrogens (tertiary/aromatic N) is 1. The molecular weight excluding hydrogens is 246 g/mol. The van der Waals surface area contributed by atoms with Crippen molar-refractivity contribution in [1.29, 1.82) is 0 Å². The Morgan fingerprint density at radius 3 is 2.61 bits per heavy atom. The van der Waals surface area contributed by atoms with E-state index < -0.39 is 0 Å². The number of hydrogen-bond acceptors (Lipinski definition) is 1. The quantitative estimate of drug-likeness (QED) is 0.875. The van der Waals surface area contributed by atoms with Gasteiger partial charge >= 0.3 is 0 Å². The van der Waals surface area contributed by atoms with Crippen LogP contribution in [0.2, 0.25) is 5.15 Å². The van der Waals surface area contributed by atoms with E-state index in [0.717, 1.165) is 29.4 Å². The van der Waals surface area contributed by atoms with Crippen LogP contribution in [0.3, 0.4) is 0 Å². The van der Waals surface area contributed by atoms with Gasteiger partial charge in [-0.25, -0.2) is 0 Å². The van der Waals surface area contributed by atoms with Crippen LogP contribution in [0.4, 0.5) is 0 Å². The second-order valence-electron chi connectivity index (χ2n) is 5.01. The van der Waals surface area contributed by atoms with E-state index in [1.54, 1.807) is 0 Å². The molecule has 0 unspecified atom stereocenters. The number of aryl methyl sites for hydroxylation is 1. The van der Waals surface area contributed by atoms with Crippen LogP contribution < -0.4 is 0 Å². The van der Waals surface area contributed by atoms with Crippen molar-refractivity contribution >= 4 is 22.5 Å².